The Kier molecular flexibility index (Phi) is 6.52. The maximum Gasteiger partial charge on any atom is 0.223 e. The summed E-state index contributed by atoms with van der Waals surface area (Å²) < 4.78 is 7.00. The molecular weight excluding hydrogens is 352 g/mol. The molecule has 0 radical (unpaired) electrons. The van der Waals surface area contributed by atoms with E-state index in [1.165, 1.54) is 0 Å². The molecule has 3 rings (SSSR count). The molecule has 2 aromatic rings. The summed E-state index contributed by atoms with van der Waals surface area (Å²) in [5.41, 5.74) is 1.08. The van der Waals surface area contributed by atoms with Gasteiger partial charge in [-0.2, -0.15) is 5.10 Å². The van der Waals surface area contributed by atoms with Crippen LogP contribution in [0.5, 0.6) is 5.75 Å². The molecule has 1 N–H and O–H groups in total. The number of amides is 1. The van der Waals surface area contributed by atoms with E-state index in [4.69, 9.17) is 16.3 Å². The molecule has 0 atom stereocenters. The molecule has 1 aliphatic heterocycles. The van der Waals surface area contributed by atoms with Crippen molar-refractivity contribution in [1.82, 2.24) is 20.0 Å². The Morgan fingerprint density at radius 3 is 2.62 bits per heavy atom. The van der Waals surface area contributed by atoms with Gasteiger partial charge in [-0.3, -0.25) is 9.48 Å². The molecule has 1 fully saturated rings. The first-order chi connectivity index (χ1) is 12.6. The molecule has 1 saturated heterocycles. The van der Waals surface area contributed by atoms with Crippen molar-refractivity contribution in [3.63, 3.8) is 0 Å². The van der Waals surface area contributed by atoms with Gasteiger partial charge in [0.25, 0.3) is 0 Å². The third-order valence-corrected chi connectivity index (χ3v) is 5.03. The number of halogens is 1. The minimum Gasteiger partial charge on any atom is -0.497 e. The lowest BCUT2D eigenvalue weighted by Crippen LogP contribution is -2.41. The number of ether oxygens (including phenoxy) is 1. The van der Waals surface area contributed by atoms with Crippen LogP contribution in [0.2, 0.25) is 5.02 Å². The van der Waals surface area contributed by atoms with Gasteiger partial charge in [-0.05, 0) is 43.6 Å². The van der Waals surface area contributed by atoms with Crippen molar-refractivity contribution < 1.29 is 9.53 Å². The van der Waals surface area contributed by atoms with Gasteiger partial charge in [-0.1, -0.05) is 23.7 Å². The summed E-state index contributed by atoms with van der Waals surface area (Å²) in [5, 5.41) is 7.91. The minimum atomic E-state index is 0.101. The average Bonchev–Trinajstić information content (AvgIpc) is 3.10. The fourth-order valence-corrected chi connectivity index (χ4v) is 3.36. The number of carbonyl (C=O) groups is 1. The normalized spacial score (nSPS) is 15.8. The number of nitrogens with zero attached hydrogens (tertiary/aromatic N) is 3. The second-order valence-electron chi connectivity index (χ2n) is 6.60. The van der Waals surface area contributed by atoms with Crippen LogP contribution in [0.3, 0.4) is 0 Å². The van der Waals surface area contributed by atoms with Crippen LogP contribution < -0.4 is 10.1 Å². The van der Waals surface area contributed by atoms with E-state index in [0.29, 0.717) is 11.6 Å². The van der Waals surface area contributed by atoms with Gasteiger partial charge >= 0.3 is 0 Å². The molecule has 1 aromatic carbocycles. The first-order valence-electron chi connectivity index (χ1n) is 8.95. The van der Waals surface area contributed by atoms with Gasteiger partial charge < -0.3 is 15.0 Å². The number of nitrogens with one attached hydrogen (secondary N) is 1. The second kappa shape index (κ2) is 9.05. The molecular formula is C19H25ClN4O2. The van der Waals surface area contributed by atoms with Crippen LogP contribution in [0, 0.1) is 5.92 Å². The van der Waals surface area contributed by atoms with Gasteiger partial charge in [0.15, 0.2) is 0 Å². The Morgan fingerprint density at radius 1 is 1.27 bits per heavy atom. The highest BCUT2D eigenvalue weighted by Gasteiger charge is 2.24. The summed E-state index contributed by atoms with van der Waals surface area (Å²) >= 11 is 5.88. The summed E-state index contributed by atoms with van der Waals surface area (Å²) in [6.07, 6.45) is 5.28. The van der Waals surface area contributed by atoms with E-state index in [0.717, 1.165) is 50.3 Å². The predicted octanol–water partition coefficient (Wildman–Crippen LogP) is 2.57. The molecule has 0 spiro atoms. The number of hydrogen-bond acceptors (Lipinski definition) is 4. The molecule has 0 aliphatic carbocycles. The van der Waals surface area contributed by atoms with E-state index in [-0.39, 0.29) is 11.8 Å². The number of likely N-dealkylation sites (tertiary alicyclic amines) is 1. The zero-order chi connectivity index (χ0) is 18.4. The minimum absolute atomic E-state index is 0.101. The Hall–Kier alpha value is -2.05. The molecule has 6 nitrogen and oxygen atoms in total. The average molecular weight is 377 g/mol. The number of benzene rings is 1. The van der Waals surface area contributed by atoms with Crippen LogP contribution in [0.4, 0.5) is 0 Å². The van der Waals surface area contributed by atoms with Crippen LogP contribution in [0.25, 0.3) is 0 Å². The van der Waals surface area contributed by atoms with Crippen molar-refractivity contribution in [2.24, 2.45) is 5.92 Å². The SMILES string of the molecule is COc1ccc(CNC(=O)C2CCN(CCn3cc(Cl)cn3)CC2)cc1. The van der Waals surface area contributed by atoms with E-state index >= 15 is 0 Å². The van der Waals surface area contributed by atoms with Gasteiger partial charge in [0, 0.05) is 25.2 Å². The zero-order valence-corrected chi connectivity index (χ0v) is 15.8. The first-order valence-corrected chi connectivity index (χ1v) is 9.33. The lowest BCUT2D eigenvalue weighted by Gasteiger charge is -2.31. The molecule has 0 unspecified atom stereocenters. The number of carbonyl (C=O) groups excluding carboxylic acids is 1. The summed E-state index contributed by atoms with van der Waals surface area (Å²) in [4.78, 5) is 14.8. The Bertz CT molecular complexity index is 709. The summed E-state index contributed by atoms with van der Waals surface area (Å²) in [6, 6.07) is 7.77. The third kappa shape index (κ3) is 5.22. The lowest BCUT2D eigenvalue weighted by atomic mass is 9.96. The van der Waals surface area contributed by atoms with Crippen LogP contribution in [-0.2, 0) is 17.9 Å². The van der Waals surface area contributed by atoms with Gasteiger partial charge in [-0.15, -0.1) is 0 Å². The maximum atomic E-state index is 12.4. The topological polar surface area (TPSA) is 59.4 Å². The van der Waals surface area contributed by atoms with Crippen LogP contribution in [0.1, 0.15) is 18.4 Å². The van der Waals surface area contributed by atoms with Crippen LogP contribution in [-0.4, -0.2) is 47.3 Å². The van der Waals surface area contributed by atoms with Gasteiger partial charge in [-0.25, -0.2) is 0 Å². The van der Waals surface area contributed by atoms with E-state index in [1.807, 2.05) is 35.1 Å². The fourth-order valence-electron chi connectivity index (χ4n) is 3.20. The van der Waals surface area contributed by atoms with Crippen LogP contribution in [0.15, 0.2) is 36.7 Å². The molecule has 2 heterocycles. The number of aromatic nitrogens is 2. The quantitative estimate of drug-likeness (QED) is 0.806. The zero-order valence-electron chi connectivity index (χ0n) is 15.0. The van der Waals surface area contributed by atoms with Crippen molar-refractivity contribution in [2.75, 3.05) is 26.7 Å². The highest BCUT2D eigenvalue weighted by Crippen LogP contribution is 2.18. The maximum absolute atomic E-state index is 12.4. The molecule has 1 aromatic heterocycles. The Morgan fingerprint density at radius 2 is 2.00 bits per heavy atom. The number of hydrogen-bond donors (Lipinski definition) is 1. The highest BCUT2D eigenvalue weighted by atomic mass is 35.5. The molecule has 1 aliphatic rings. The molecule has 1 amide bonds. The Labute approximate surface area is 159 Å². The second-order valence-corrected chi connectivity index (χ2v) is 7.04. The van der Waals surface area contributed by atoms with E-state index in [1.54, 1.807) is 13.3 Å². The lowest BCUT2D eigenvalue weighted by molar-refractivity contribution is -0.126. The highest BCUT2D eigenvalue weighted by molar-refractivity contribution is 6.30. The fraction of sp³-hybridized carbons (Fsp3) is 0.474. The number of methoxy groups -OCH3 is 1. The Balaban J connectivity index is 1.37. The summed E-state index contributed by atoms with van der Waals surface area (Å²) in [7, 11) is 1.65. The molecule has 0 bridgehead atoms. The monoisotopic (exact) mass is 376 g/mol. The van der Waals surface area contributed by atoms with Gasteiger partial charge in [0.05, 0.1) is 24.9 Å². The van der Waals surface area contributed by atoms with Crippen molar-refractivity contribution in [3.05, 3.63) is 47.2 Å². The van der Waals surface area contributed by atoms with Crippen molar-refractivity contribution in [2.45, 2.75) is 25.9 Å². The molecule has 26 heavy (non-hydrogen) atoms. The number of rotatable bonds is 7. The number of piperidine rings is 1. The van der Waals surface area contributed by atoms with Crippen molar-refractivity contribution in [1.29, 1.82) is 0 Å². The third-order valence-electron chi connectivity index (χ3n) is 4.83. The molecule has 7 heteroatoms. The van der Waals surface area contributed by atoms with Gasteiger partial charge in [0.1, 0.15) is 5.75 Å². The largest absolute Gasteiger partial charge is 0.497 e. The van der Waals surface area contributed by atoms with Gasteiger partial charge in [0.2, 0.25) is 5.91 Å². The van der Waals surface area contributed by atoms with E-state index in [9.17, 15) is 4.79 Å². The first kappa shape index (κ1) is 18.7. The predicted molar refractivity (Wildman–Crippen MR) is 101 cm³/mol. The van der Waals surface area contributed by atoms with E-state index in [2.05, 4.69) is 15.3 Å². The standard InChI is InChI=1S/C19H25ClN4O2/c1-26-18-4-2-15(3-5-18)12-21-19(25)16-6-8-23(9-7-16)10-11-24-14-17(20)13-22-24/h2-5,13-14,16H,6-12H2,1H3,(H,21,25). The van der Waals surface area contributed by atoms with E-state index < -0.39 is 0 Å². The van der Waals surface area contributed by atoms with Crippen LogP contribution >= 0.6 is 11.6 Å². The van der Waals surface area contributed by atoms with Crippen molar-refractivity contribution >= 4 is 17.5 Å². The molecule has 140 valence electrons. The smallest absolute Gasteiger partial charge is 0.223 e. The van der Waals surface area contributed by atoms with Crippen molar-refractivity contribution in [3.8, 4) is 5.75 Å². The summed E-state index contributed by atoms with van der Waals surface area (Å²) in [6.45, 7) is 4.19. The summed E-state index contributed by atoms with van der Waals surface area (Å²) in [5.74, 6) is 1.08. The molecule has 0 saturated carbocycles.